The minimum absolute atomic E-state index is 0.338. The van der Waals surface area contributed by atoms with Gasteiger partial charge in [-0.3, -0.25) is 0 Å². The molecule has 0 amide bonds. The van der Waals surface area contributed by atoms with E-state index >= 15 is 0 Å². The largest absolute Gasteiger partial charge is 0.417 e. The number of hydrogen-bond acceptors (Lipinski definition) is 2. The van der Waals surface area contributed by atoms with Gasteiger partial charge in [0.15, 0.2) is 8.32 Å². The van der Waals surface area contributed by atoms with Crippen molar-refractivity contribution in [3.63, 3.8) is 0 Å². The summed E-state index contributed by atoms with van der Waals surface area (Å²) in [5.41, 5.74) is 0.391. The molecular weight excluding hydrogens is 190 g/mol. The molecule has 0 aromatic carbocycles. The first kappa shape index (κ1) is 12.2. The zero-order valence-electron chi connectivity index (χ0n) is 10.5. The molecule has 84 valence electrons. The molecule has 0 aromatic heterocycles. The molecule has 1 fully saturated rings. The van der Waals surface area contributed by atoms with Gasteiger partial charge >= 0.3 is 0 Å². The van der Waals surface area contributed by atoms with Crippen molar-refractivity contribution in [2.45, 2.75) is 57.8 Å². The fourth-order valence-corrected chi connectivity index (χ4v) is 2.12. The quantitative estimate of drug-likeness (QED) is 0.577. The van der Waals surface area contributed by atoms with Crippen molar-refractivity contribution >= 4 is 8.32 Å². The fraction of sp³-hybridized carbons (Fsp3) is 1.00. The fourth-order valence-electron chi connectivity index (χ4n) is 1.08. The van der Waals surface area contributed by atoms with Gasteiger partial charge in [-0.1, -0.05) is 20.8 Å². The Morgan fingerprint density at radius 1 is 1.36 bits per heavy atom. The topological polar surface area (TPSA) is 31.2 Å². The molecule has 2 nitrogen and oxygen atoms in total. The third-order valence-corrected chi connectivity index (χ3v) is 8.24. The van der Waals surface area contributed by atoms with Gasteiger partial charge in [0.25, 0.3) is 0 Å². The van der Waals surface area contributed by atoms with Gasteiger partial charge < -0.3 is 9.74 Å². The van der Waals surface area contributed by atoms with Gasteiger partial charge in [0.05, 0.1) is 0 Å². The van der Waals surface area contributed by atoms with Crippen LogP contribution in [0.4, 0.5) is 0 Å². The summed E-state index contributed by atoms with van der Waals surface area (Å²) >= 11 is 0. The van der Waals surface area contributed by atoms with Crippen LogP contribution in [0.15, 0.2) is 0 Å². The van der Waals surface area contributed by atoms with E-state index in [9.17, 15) is 0 Å². The molecule has 1 heterocycles. The highest BCUT2D eigenvalue weighted by Gasteiger charge is 2.39. The van der Waals surface area contributed by atoms with E-state index in [0.29, 0.717) is 10.6 Å². The molecule has 1 unspecified atom stereocenters. The molecule has 0 radical (unpaired) electrons. The highest BCUT2D eigenvalue weighted by atomic mass is 28.4. The summed E-state index contributed by atoms with van der Waals surface area (Å²) in [6, 6.07) is 0. The van der Waals surface area contributed by atoms with Crippen LogP contribution in [0.5, 0.6) is 0 Å². The Labute approximate surface area is 89.6 Å². The summed E-state index contributed by atoms with van der Waals surface area (Å²) in [5, 5.41) is 3.71. The maximum atomic E-state index is 6.11. The molecule has 3 heteroatoms. The van der Waals surface area contributed by atoms with Gasteiger partial charge in [0.1, 0.15) is 0 Å². The van der Waals surface area contributed by atoms with Crippen LogP contribution in [0.3, 0.4) is 0 Å². The third kappa shape index (κ3) is 3.07. The average molecular weight is 215 g/mol. The van der Waals surface area contributed by atoms with Crippen molar-refractivity contribution in [1.29, 1.82) is 0 Å². The second kappa shape index (κ2) is 3.61. The molecule has 1 aliphatic rings. The van der Waals surface area contributed by atoms with Gasteiger partial charge in [-0.05, 0) is 31.5 Å². The predicted molar refractivity (Wildman–Crippen MR) is 64.2 cm³/mol. The highest BCUT2D eigenvalue weighted by Crippen LogP contribution is 2.37. The first-order valence-electron chi connectivity index (χ1n) is 5.55. The van der Waals surface area contributed by atoms with Crippen molar-refractivity contribution < 1.29 is 4.43 Å². The number of nitrogens with one attached hydrogen (secondary N) is 1. The van der Waals surface area contributed by atoms with Crippen LogP contribution >= 0.6 is 0 Å². The lowest BCUT2D eigenvalue weighted by molar-refractivity contribution is 0.269. The first-order valence-corrected chi connectivity index (χ1v) is 8.46. The first-order chi connectivity index (χ1) is 6.16. The molecule has 1 rings (SSSR count). The SMILES string of the molecule is CC1(CCO[Si](C)(C)C(C)(C)C)CN1. The molecule has 0 saturated carbocycles. The lowest BCUT2D eigenvalue weighted by Crippen LogP contribution is -2.41. The van der Waals surface area contributed by atoms with Gasteiger partial charge in [-0.25, -0.2) is 0 Å². The molecule has 14 heavy (non-hydrogen) atoms. The number of hydrogen-bond donors (Lipinski definition) is 1. The van der Waals surface area contributed by atoms with Crippen LogP contribution in [0, 0.1) is 0 Å². The second-order valence-electron chi connectivity index (χ2n) is 6.27. The van der Waals surface area contributed by atoms with Crippen molar-refractivity contribution in [2.75, 3.05) is 13.2 Å². The molecule has 0 spiro atoms. The normalized spacial score (nSPS) is 27.9. The van der Waals surface area contributed by atoms with E-state index in [1.807, 2.05) is 0 Å². The molecule has 0 bridgehead atoms. The minimum atomic E-state index is -1.50. The smallest absolute Gasteiger partial charge is 0.191 e. The van der Waals surface area contributed by atoms with E-state index in [2.05, 4.69) is 46.1 Å². The van der Waals surface area contributed by atoms with Gasteiger partial charge in [-0.2, -0.15) is 0 Å². The predicted octanol–water partition coefficient (Wildman–Crippen LogP) is 2.76. The van der Waals surface area contributed by atoms with Crippen LogP contribution in [0.2, 0.25) is 18.1 Å². The van der Waals surface area contributed by atoms with E-state index in [0.717, 1.165) is 19.6 Å². The summed E-state index contributed by atoms with van der Waals surface area (Å²) in [6.07, 6.45) is 1.15. The Kier molecular flexibility index (Phi) is 3.15. The van der Waals surface area contributed by atoms with Gasteiger partial charge in [0.2, 0.25) is 0 Å². The van der Waals surface area contributed by atoms with Crippen LogP contribution in [0.25, 0.3) is 0 Å². The maximum absolute atomic E-state index is 6.11. The Hall–Kier alpha value is 0.137. The summed E-state index contributed by atoms with van der Waals surface area (Å²) in [4.78, 5) is 0. The van der Waals surface area contributed by atoms with Crippen LogP contribution in [0.1, 0.15) is 34.1 Å². The minimum Gasteiger partial charge on any atom is -0.417 e. The van der Waals surface area contributed by atoms with Crippen molar-refractivity contribution in [2.24, 2.45) is 0 Å². The third-order valence-electron chi connectivity index (χ3n) is 3.70. The lowest BCUT2D eigenvalue weighted by atomic mass is 10.1. The van der Waals surface area contributed by atoms with E-state index in [-0.39, 0.29) is 0 Å². The van der Waals surface area contributed by atoms with E-state index < -0.39 is 8.32 Å². The molecular formula is C11H25NOSi. The van der Waals surface area contributed by atoms with Crippen molar-refractivity contribution in [1.82, 2.24) is 5.32 Å². The zero-order chi connectivity index (χ0) is 11.0. The molecule has 1 N–H and O–H groups in total. The number of rotatable bonds is 4. The van der Waals surface area contributed by atoms with Crippen molar-refractivity contribution in [3.8, 4) is 0 Å². The maximum Gasteiger partial charge on any atom is 0.191 e. The van der Waals surface area contributed by atoms with Crippen LogP contribution < -0.4 is 5.32 Å². The summed E-state index contributed by atoms with van der Waals surface area (Å²) in [5.74, 6) is 0. The highest BCUT2D eigenvalue weighted by molar-refractivity contribution is 6.74. The summed E-state index contributed by atoms with van der Waals surface area (Å²) in [6.45, 7) is 15.8. The molecule has 1 saturated heterocycles. The standard InChI is InChI=1S/C11H25NOSi/c1-10(2,3)14(5,6)13-8-7-11(4)9-12-11/h12H,7-9H2,1-6H3. The zero-order valence-corrected chi connectivity index (χ0v) is 11.5. The van der Waals surface area contributed by atoms with E-state index in [1.165, 1.54) is 0 Å². The van der Waals surface area contributed by atoms with Crippen LogP contribution in [-0.2, 0) is 4.43 Å². The Morgan fingerprint density at radius 3 is 2.21 bits per heavy atom. The van der Waals surface area contributed by atoms with Gasteiger partial charge in [-0.15, -0.1) is 0 Å². The monoisotopic (exact) mass is 215 g/mol. The van der Waals surface area contributed by atoms with Crippen LogP contribution in [-0.4, -0.2) is 27.0 Å². The summed E-state index contributed by atoms with van der Waals surface area (Å²) < 4.78 is 6.11. The lowest BCUT2D eigenvalue weighted by Gasteiger charge is -2.36. The van der Waals surface area contributed by atoms with Crippen molar-refractivity contribution in [3.05, 3.63) is 0 Å². The Morgan fingerprint density at radius 2 is 1.86 bits per heavy atom. The molecule has 0 aromatic rings. The molecule has 1 atom stereocenters. The Bertz CT molecular complexity index is 204. The molecule has 0 aliphatic carbocycles. The Balaban J connectivity index is 2.29. The average Bonchev–Trinajstić information content (AvgIpc) is 2.65. The summed E-state index contributed by atoms with van der Waals surface area (Å²) in [7, 11) is -1.50. The molecule has 1 aliphatic heterocycles. The second-order valence-corrected chi connectivity index (χ2v) is 11.1. The van der Waals surface area contributed by atoms with Gasteiger partial charge in [0, 0.05) is 18.7 Å². The van der Waals surface area contributed by atoms with E-state index in [1.54, 1.807) is 0 Å². The van der Waals surface area contributed by atoms with E-state index in [4.69, 9.17) is 4.43 Å².